The molecule has 1 N–H and O–H groups in total. The lowest BCUT2D eigenvalue weighted by molar-refractivity contribution is 0.414. The summed E-state index contributed by atoms with van der Waals surface area (Å²) < 4.78 is 5.30. The van der Waals surface area contributed by atoms with Crippen molar-refractivity contribution in [3.05, 3.63) is 54.1 Å². The summed E-state index contributed by atoms with van der Waals surface area (Å²) in [7, 11) is 1.69. The highest BCUT2D eigenvalue weighted by molar-refractivity contribution is 5.90. The molecule has 0 radical (unpaired) electrons. The molecule has 1 fully saturated rings. The monoisotopic (exact) mass is 334 g/mol. The third-order valence-corrected chi connectivity index (χ3v) is 4.57. The van der Waals surface area contributed by atoms with Crippen molar-refractivity contribution in [3.8, 4) is 5.75 Å². The maximum atomic E-state index is 5.30. The van der Waals surface area contributed by atoms with Gasteiger partial charge in [0.1, 0.15) is 11.6 Å². The zero-order valence-electron chi connectivity index (χ0n) is 14.4. The van der Waals surface area contributed by atoms with Gasteiger partial charge in [0.25, 0.3) is 0 Å². The summed E-state index contributed by atoms with van der Waals surface area (Å²) in [5.41, 5.74) is 2.14. The van der Waals surface area contributed by atoms with Gasteiger partial charge < -0.3 is 15.0 Å². The van der Waals surface area contributed by atoms with Crippen molar-refractivity contribution < 1.29 is 4.74 Å². The van der Waals surface area contributed by atoms with E-state index in [9.17, 15) is 0 Å². The summed E-state index contributed by atoms with van der Waals surface area (Å²) >= 11 is 0. The van der Waals surface area contributed by atoms with E-state index in [4.69, 9.17) is 14.7 Å². The molecule has 1 aliphatic heterocycles. The van der Waals surface area contributed by atoms with E-state index in [-0.39, 0.29) is 0 Å². The van der Waals surface area contributed by atoms with Gasteiger partial charge in [-0.3, -0.25) is 0 Å². The van der Waals surface area contributed by atoms with E-state index in [1.807, 2.05) is 36.4 Å². The second-order valence-electron chi connectivity index (χ2n) is 6.29. The summed E-state index contributed by atoms with van der Waals surface area (Å²) in [5, 5.41) is 4.54. The van der Waals surface area contributed by atoms with Gasteiger partial charge in [0, 0.05) is 25.0 Å². The van der Waals surface area contributed by atoms with Gasteiger partial charge in [-0.1, -0.05) is 24.3 Å². The summed E-state index contributed by atoms with van der Waals surface area (Å²) in [6.07, 6.45) is 2.42. The molecule has 3 aromatic rings. The Bertz CT molecular complexity index is 874. The minimum absolute atomic E-state index is 0.692. The number of aromatic nitrogens is 2. The van der Waals surface area contributed by atoms with Gasteiger partial charge in [-0.05, 0) is 42.7 Å². The third kappa shape index (κ3) is 3.36. The molecule has 5 heteroatoms. The molecule has 0 spiro atoms. The SMILES string of the molecule is COc1cccc(CNc2nc(N3CCCC3)nc3ccccc23)c1. The number of hydrogen-bond donors (Lipinski definition) is 1. The first-order valence-electron chi connectivity index (χ1n) is 8.72. The number of rotatable bonds is 5. The molecule has 1 aliphatic rings. The van der Waals surface area contributed by atoms with Gasteiger partial charge in [-0.15, -0.1) is 0 Å². The van der Waals surface area contributed by atoms with Gasteiger partial charge in [-0.25, -0.2) is 4.98 Å². The van der Waals surface area contributed by atoms with Crippen LogP contribution in [-0.2, 0) is 6.54 Å². The Hall–Kier alpha value is -2.82. The number of nitrogens with one attached hydrogen (secondary N) is 1. The van der Waals surface area contributed by atoms with Crippen LogP contribution in [0, 0.1) is 0 Å². The molecule has 0 amide bonds. The van der Waals surface area contributed by atoms with Crippen LogP contribution in [0.3, 0.4) is 0 Å². The zero-order chi connectivity index (χ0) is 17.1. The quantitative estimate of drug-likeness (QED) is 0.768. The number of nitrogens with zero attached hydrogens (tertiary/aromatic N) is 3. The van der Waals surface area contributed by atoms with Crippen LogP contribution in [0.4, 0.5) is 11.8 Å². The summed E-state index contributed by atoms with van der Waals surface area (Å²) in [5.74, 6) is 2.57. The fraction of sp³-hybridized carbons (Fsp3) is 0.300. The lowest BCUT2D eigenvalue weighted by Crippen LogP contribution is -2.21. The normalized spacial score (nSPS) is 14.0. The first kappa shape index (κ1) is 15.7. The average Bonchev–Trinajstić information content (AvgIpc) is 3.21. The fourth-order valence-electron chi connectivity index (χ4n) is 3.23. The molecule has 0 saturated carbocycles. The highest BCUT2D eigenvalue weighted by atomic mass is 16.5. The number of benzene rings is 2. The highest BCUT2D eigenvalue weighted by Crippen LogP contribution is 2.26. The molecule has 4 rings (SSSR count). The van der Waals surface area contributed by atoms with Crippen molar-refractivity contribution >= 4 is 22.7 Å². The van der Waals surface area contributed by atoms with E-state index < -0.39 is 0 Å². The number of anilines is 2. The van der Waals surface area contributed by atoms with E-state index in [0.717, 1.165) is 47.1 Å². The number of para-hydroxylation sites is 1. The molecule has 2 heterocycles. The smallest absolute Gasteiger partial charge is 0.227 e. The summed E-state index contributed by atoms with van der Waals surface area (Å²) in [6.45, 7) is 2.76. The van der Waals surface area contributed by atoms with Gasteiger partial charge in [0.05, 0.1) is 12.6 Å². The van der Waals surface area contributed by atoms with Crippen LogP contribution in [-0.4, -0.2) is 30.2 Å². The molecule has 1 saturated heterocycles. The van der Waals surface area contributed by atoms with Crippen molar-refractivity contribution in [2.45, 2.75) is 19.4 Å². The molecular weight excluding hydrogens is 312 g/mol. The Morgan fingerprint density at radius 1 is 1.04 bits per heavy atom. The number of methoxy groups -OCH3 is 1. The predicted octanol–water partition coefficient (Wildman–Crippen LogP) is 3.85. The van der Waals surface area contributed by atoms with E-state index in [1.165, 1.54) is 12.8 Å². The predicted molar refractivity (Wildman–Crippen MR) is 101 cm³/mol. The van der Waals surface area contributed by atoms with Crippen molar-refractivity contribution in [2.24, 2.45) is 0 Å². The highest BCUT2D eigenvalue weighted by Gasteiger charge is 2.17. The van der Waals surface area contributed by atoms with Gasteiger partial charge in [0.15, 0.2) is 0 Å². The molecule has 25 heavy (non-hydrogen) atoms. The van der Waals surface area contributed by atoms with Crippen LogP contribution < -0.4 is 15.0 Å². The Balaban J connectivity index is 1.64. The van der Waals surface area contributed by atoms with Crippen LogP contribution in [0.25, 0.3) is 10.9 Å². The maximum absolute atomic E-state index is 5.30. The van der Waals surface area contributed by atoms with Crippen LogP contribution in [0.1, 0.15) is 18.4 Å². The molecular formula is C20H22N4O. The lowest BCUT2D eigenvalue weighted by Gasteiger charge is -2.18. The van der Waals surface area contributed by atoms with Crippen molar-refractivity contribution in [3.63, 3.8) is 0 Å². The second kappa shape index (κ2) is 6.97. The standard InChI is InChI=1S/C20H22N4O/c1-25-16-8-6-7-15(13-16)14-21-19-17-9-2-3-10-18(17)22-20(23-19)24-11-4-5-12-24/h2-3,6-10,13H,4-5,11-12,14H2,1H3,(H,21,22,23). The molecule has 5 nitrogen and oxygen atoms in total. The molecule has 2 aromatic carbocycles. The van der Waals surface area contributed by atoms with Gasteiger partial charge in [0.2, 0.25) is 5.95 Å². The fourth-order valence-corrected chi connectivity index (χ4v) is 3.23. The largest absolute Gasteiger partial charge is 0.497 e. The second-order valence-corrected chi connectivity index (χ2v) is 6.29. The third-order valence-electron chi connectivity index (χ3n) is 4.57. The van der Waals surface area contributed by atoms with E-state index in [0.29, 0.717) is 6.54 Å². The number of fused-ring (bicyclic) bond motifs is 1. The van der Waals surface area contributed by atoms with Crippen molar-refractivity contribution in [2.75, 3.05) is 30.4 Å². The summed E-state index contributed by atoms with van der Waals surface area (Å²) in [4.78, 5) is 11.8. The van der Waals surface area contributed by atoms with Crippen LogP contribution >= 0.6 is 0 Å². The van der Waals surface area contributed by atoms with Crippen LogP contribution in [0.5, 0.6) is 5.75 Å². The molecule has 1 aromatic heterocycles. The van der Waals surface area contributed by atoms with Crippen LogP contribution in [0.2, 0.25) is 0 Å². The topological polar surface area (TPSA) is 50.3 Å². The molecule has 0 unspecified atom stereocenters. The minimum Gasteiger partial charge on any atom is -0.497 e. The van der Waals surface area contributed by atoms with Gasteiger partial charge >= 0.3 is 0 Å². The van der Waals surface area contributed by atoms with E-state index >= 15 is 0 Å². The maximum Gasteiger partial charge on any atom is 0.227 e. The molecule has 128 valence electrons. The Morgan fingerprint density at radius 2 is 1.88 bits per heavy atom. The lowest BCUT2D eigenvalue weighted by atomic mass is 10.2. The van der Waals surface area contributed by atoms with E-state index in [2.05, 4.69) is 22.3 Å². The Morgan fingerprint density at radius 3 is 2.72 bits per heavy atom. The van der Waals surface area contributed by atoms with Crippen molar-refractivity contribution in [1.82, 2.24) is 9.97 Å². The summed E-state index contributed by atoms with van der Waals surface area (Å²) in [6, 6.07) is 16.2. The van der Waals surface area contributed by atoms with Crippen molar-refractivity contribution in [1.29, 1.82) is 0 Å². The molecule has 0 atom stereocenters. The van der Waals surface area contributed by atoms with Crippen LogP contribution in [0.15, 0.2) is 48.5 Å². The number of ether oxygens (including phenoxy) is 1. The Kier molecular flexibility index (Phi) is 4.37. The van der Waals surface area contributed by atoms with Gasteiger partial charge in [-0.2, -0.15) is 4.98 Å². The number of hydrogen-bond acceptors (Lipinski definition) is 5. The zero-order valence-corrected chi connectivity index (χ0v) is 14.4. The molecule has 0 bridgehead atoms. The first-order chi connectivity index (χ1) is 12.3. The Labute approximate surface area is 147 Å². The average molecular weight is 334 g/mol. The first-order valence-corrected chi connectivity index (χ1v) is 8.72. The molecule has 0 aliphatic carbocycles. The minimum atomic E-state index is 0.692. The van der Waals surface area contributed by atoms with E-state index in [1.54, 1.807) is 7.11 Å².